The van der Waals surface area contributed by atoms with Crippen LogP contribution in [0.25, 0.3) is 11.0 Å². The molecule has 0 N–H and O–H groups in total. The smallest absolute Gasteiger partial charge is 0.128 e. The highest BCUT2D eigenvalue weighted by Gasteiger charge is 2.26. The topological polar surface area (TPSA) is 21.1 Å². The Morgan fingerprint density at radius 2 is 2.21 bits per heavy atom. The van der Waals surface area contributed by atoms with E-state index in [2.05, 4.69) is 41.6 Å². The Kier molecular flexibility index (Phi) is 3.27. The molecule has 4 heteroatoms. The molecule has 1 saturated heterocycles. The number of fused-ring (bicyclic) bond motifs is 1. The normalized spacial score (nSPS) is 22.2. The largest absolute Gasteiger partial charge is 0.322 e. The third-order valence-electron chi connectivity index (χ3n) is 3.96. The van der Waals surface area contributed by atoms with E-state index in [-0.39, 0.29) is 5.38 Å². The van der Waals surface area contributed by atoms with Crippen molar-refractivity contribution in [2.75, 3.05) is 20.1 Å². The lowest BCUT2D eigenvalue weighted by atomic mass is 10.2. The summed E-state index contributed by atoms with van der Waals surface area (Å²) in [6, 6.07) is 6.93. The number of likely N-dealkylation sites (tertiary alicyclic amines) is 1. The van der Waals surface area contributed by atoms with Crippen LogP contribution in [0.2, 0.25) is 0 Å². The van der Waals surface area contributed by atoms with E-state index < -0.39 is 0 Å². The maximum absolute atomic E-state index is 6.34. The summed E-state index contributed by atoms with van der Waals surface area (Å²) in [5.74, 6) is 1.00. The van der Waals surface area contributed by atoms with Gasteiger partial charge in [0.15, 0.2) is 0 Å². The molecule has 1 aliphatic heterocycles. The zero-order chi connectivity index (χ0) is 13.6. The molecule has 2 aromatic rings. The van der Waals surface area contributed by atoms with Crippen molar-refractivity contribution in [1.29, 1.82) is 0 Å². The SMILES string of the molecule is Cc1ccc2nc(C(C)Cl)n(C3CCN(C)C3)c2c1. The molecular weight excluding hydrogens is 258 g/mol. The summed E-state index contributed by atoms with van der Waals surface area (Å²) < 4.78 is 2.36. The number of halogens is 1. The number of benzene rings is 1. The first-order valence-electron chi connectivity index (χ1n) is 6.87. The van der Waals surface area contributed by atoms with Gasteiger partial charge in [-0.15, -0.1) is 11.6 Å². The number of aromatic nitrogens is 2. The Morgan fingerprint density at radius 3 is 2.84 bits per heavy atom. The molecule has 3 nitrogen and oxygen atoms in total. The summed E-state index contributed by atoms with van der Waals surface area (Å²) >= 11 is 6.34. The van der Waals surface area contributed by atoms with Crippen molar-refractivity contribution < 1.29 is 0 Å². The maximum Gasteiger partial charge on any atom is 0.128 e. The van der Waals surface area contributed by atoms with Gasteiger partial charge in [0.1, 0.15) is 5.82 Å². The Balaban J connectivity index is 2.18. The minimum atomic E-state index is -0.0568. The van der Waals surface area contributed by atoms with Gasteiger partial charge in [-0.05, 0) is 51.6 Å². The fourth-order valence-corrected chi connectivity index (χ4v) is 3.16. The fraction of sp³-hybridized carbons (Fsp3) is 0.533. The number of rotatable bonds is 2. The quantitative estimate of drug-likeness (QED) is 0.783. The fourth-order valence-electron chi connectivity index (χ4n) is 3.01. The molecule has 0 saturated carbocycles. The van der Waals surface area contributed by atoms with E-state index in [0.717, 1.165) is 24.4 Å². The predicted molar refractivity (Wildman–Crippen MR) is 79.9 cm³/mol. The second-order valence-corrected chi connectivity index (χ2v) is 6.31. The lowest BCUT2D eigenvalue weighted by molar-refractivity contribution is 0.392. The van der Waals surface area contributed by atoms with Crippen molar-refractivity contribution in [3.8, 4) is 0 Å². The Labute approximate surface area is 119 Å². The number of alkyl halides is 1. The zero-order valence-electron chi connectivity index (χ0n) is 11.7. The van der Waals surface area contributed by atoms with Gasteiger partial charge in [-0.1, -0.05) is 6.07 Å². The molecule has 0 amide bonds. The van der Waals surface area contributed by atoms with E-state index in [1.807, 2.05) is 6.92 Å². The Hall–Kier alpha value is -1.06. The summed E-state index contributed by atoms with van der Waals surface area (Å²) in [6.07, 6.45) is 1.17. The number of nitrogens with zero attached hydrogens (tertiary/aromatic N) is 3. The van der Waals surface area contributed by atoms with Gasteiger partial charge in [0.05, 0.1) is 16.4 Å². The molecule has 0 aliphatic carbocycles. The highest BCUT2D eigenvalue weighted by atomic mass is 35.5. The number of likely N-dealkylation sites (N-methyl/N-ethyl adjacent to an activating group) is 1. The zero-order valence-corrected chi connectivity index (χ0v) is 12.5. The average Bonchev–Trinajstić information content (AvgIpc) is 2.92. The molecule has 2 atom stereocenters. The van der Waals surface area contributed by atoms with Crippen LogP contribution in [0, 0.1) is 6.92 Å². The second kappa shape index (κ2) is 4.80. The second-order valence-electron chi connectivity index (χ2n) is 5.65. The predicted octanol–water partition coefficient (Wildman–Crippen LogP) is 3.52. The first-order valence-corrected chi connectivity index (χ1v) is 7.31. The van der Waals surface area contributed by atoms with Crippen LogP contribution < -0.4 is 0 Å². The third kappa shape index (κ3) is 2.26. The molecule has 1 aromatic heterocycles. The molecule has 1 fully saturated rings. The monoisotopic (exact) mass is 277 g/mol. The van der Waals surface area contributed by atoms with Crippen LogP contribution in [0.1, 0.15) is 36.2 Å². The average molecular weight is 278 g/mol. The highest BCUT2D eigenvalue weighted by Crippen LogP contribution is 2.32. The van der Waals surface area contributed by atoms with Crippen molar-refractivity contribution >= 4 is 22.6 Å². The van der Waals surface area contributed by atoms with E-state index in [4.69, 9.17) is 16.6 Å². The van der Waals surface area contributed by atoms with E-state index in [9.17, 15) is 0 Å². The number of hydrogen-bond donors (Lipinski definition) is 0. The molecule has 102 valence electrons. The van der Waals surface area contributed by atoms with Crippen molar-refractivity contribution in [3.05, 3.63) is 29.6 Å². The molecular formula is C15H20ClN3. The first-order chi connectivity index (χ1) is 9.06. The summed E-state index contributed by atoms with van der Waals surface area (Å²) in [5.41, 5.74) is 3.55. The van der Waals surface area contributed by atoms with E-state index >= 15 is 0 Å². The Morgan fingerprint density at radius 1 is 1.42 bits per heavy atom. The van der Waals surface area contributed by atoms with E-state index in [1.165, 1.54) is 17.5 Å². The lowest BCUT2D eigenvalue weighted by Crippen LogP contribution is -2.18. The van der Waals surface area contributed by atoms with Crippen LogP contribution in [0.4, 0.5) is 0 Å². The summed E-state index contributed by atoms with van der Waals surface area (Å²) in [7, 11) is 2.17. The van der Waals surface area contributed by atoms with Crippen LogP contribution >= 0.6 is 11.6 Å². The molecule has 0 radical (unpaired) electrons. The minimum absolute atomic E-state index is 0.0568. The van der Waals surface area contributed by atoms with Crippen molar-refractivity contribution in [2.24, 2.45) is 0 Å². The van der Waals surface area contributed by atoms with Crippen LogP contribution in [0.5, 0.6) is 0 Å². The molecule has 1 aromatic carbocycles. The third-order valence-corrected chi connectivity index (χ3v) is 4.15. The summed E-state index contributed by atoms with van der Waals surface area (Å²) in [5, 5.41) is -0.0568. The van der Waals surface area contributed by atoms with Crippen LogP contribution in [0.3, 0.4) is 0 Å². The van der Waals surface area contributed by atoms with Crippen LogP contribution in [-0.4, -0.2) is 34.6 Å². The van der Waals surface area contributed by atoms with Crippen LogP contribution in [0.15, 0.2) is 18.2 Å². The van der Waals surface area contributed by atoms with Gasteiger partial charge in [-0.2, -0.15) is 0 Å². The van der Waals surface area contributed by atoms with Crippen molar-refractivity contribution in [2.45, 2.75) is 31.7 Å². The van der Waals surface area contributed by atoms with Gasteiger partial charge >= 0.3 is 0 Å². The van der Waals surface area contributed by atoms with Gasteiger partial charge in [-0.3, -0.25) is 0 Å². The van der Waals surface area contributed by atoms with Gasteiger partial charge in [0.2, 0.25) is 0 Å². The van der Waals surface area contributed by atoms with Crippen molar-refractivity contribution in [3.63, 3.8) is 0 Å². The number of aryl methyl sites for hydroxylation is 1. The Bertz CT molecular complexity index is 603. The number of hydrogen-bond acceptors (Lipinski definition) is 2. The molecule has 2 heterocycles. The molecule has 19 heavy (non-hydrogen) atoms. The van der Waals surface area contributed by atoms with Gasteiger partial charge < -0.3 is 9.47 Å². The highest BCUT2D eigenvalue weighted by molar-refractivity contribution is 6.20. The molecule has 0 bridgehead atoms. The standard InChI is InChI=1S/C15H20ClN3/c1-10-4-5-13-14(8-10)19(15(17-13)11(2)16)12-6-7-18(3)9-12/h4-5,8,11-12H,6-7,9H2,1-3H3. The van der Waals surface area contributed by atoms with Gasteiger partial charge in [-0.25, -0.2) is 4.98 Å². The summed E-state index contributed by atoms with van der Waals surface area (Å²) in [4.78, 5) is 7.11. The molecule has 3 rings (SSSR count). The molecule has 0 spiro atoms. The molecule has 1 aliphatic rings. The first kappa shape index (κ1) is 12.9. The minimum Gasteiger partial charge on any atom is -0.322 e. The summed E-state index contributed by atoms with van der Waals surface area (Å²) in [6.45, 7) is 6.36. The van der Waals surface area contributed by atoms with Gasteiger partial charge in [0, 0.05) is 12.6 Å². The van der Waals surface area contributed by atoms with Crippen LogP contribution in [-0.2, 0) is 0 Å². The molecule has 2 unspecified atom stereocenters. The lowest BCUT2D eigenvalue weighted by Gasteiger charge is -2.18. The van der Waals surface area contributed by atoms with E-state index in [1.54, 1.807) is 0 Å². The maximum atomic E-state index is 6.34. The van der Waals surface area contributed by atoms with Gasteiger partial charge in [0.25, 0.3) is 0 Å². The van der Waals surface area contributed by atoms with E-state index in [0.29, 0.717) is 6.04 Å². The number of imidazole rings is 1. The van der Waals surface area contributed by atoms with Crippen molar-refractivity contribution in [1.82, 2.24) is 14.5 Å².